The molecule has 17 heavy (non-hydrogen) atoms. The summed E-state index contributed by atoms with van der Waals surface area (Å²) < 4.78 is 38.2. The molecule has 0 saturated heterocycles. The average Bonchev–Trinajstić information content (AvgIpc) is 2.58. The highest BCUT2D eigenvalue weighted by atomic mass is 35.5. The highest BCUT2D eigenvalue weighted by Gasteiger charge is 2.32. The van der Waals surface area contributed by atoms with Crippen molar-refractivity contribution in [2.45, 2.75) is 13.1 Å². The van der Waals surface area contributed by atoms with E-state index in [0.717, 1.165) is 17.8 Å². The van der Waals surface area contributed by atoms with Gasteiger partial charge in [-0.15, -0.1) is 0 Å². The van der Waals surface area contributed by atoms with Crippen LogP contribution in [0.15, 0.2) is 24.5 Å². The van der Waals surface area contributed by atoms with Crippen LogP contribution in [0.25, 0.3) is 5.69 Å². The number of aromatic nitrogens is 3. The second-order valence-electron chi connectivity index (χ2n) is 3.45. The highest BCUT2D eigenvalue weighted by Crippen LogP contribution is 2.27. The Bertz CT molecular complexity index is 511. The number of hydrogen-bond acceptors (Lipinski definition) is 2. The Morgan fingerprint density at radius 3 is 2.41 bits per heavy atom. The van der Waals surface area contributed by atoms with Crippen molar-refractivity contribution in [3.05, 3.63) is 40.9 Å². The summed E-state index contributed by atoms with van der Waals surface area (Å²) in [6.45, 7) is 1.75. The molecule has 0 aliphatic heterocycles. The minimum atomic E-state index is -4.43. The zero-order valence-corrected chi connectivity index (χ0v) is 9.42. The van der Waals surface area contributed by atoms with Crippen molar-refractivity contribution in [1.82, 2.24) is 14.8 Å². The first kappa shape index (κ1) is 11.9. The van der Waals surface area contributed by atoms with Gasteiger partial charge in [-0.3, -0.25) is 0 Å². The molecule has 0 fully saturated rings. The molecule has 0 atom stereocenters. The van der Waals surface area contributed by atoms with E-state index in [1.54, 1.807) is 13.1 Å². The van der Waals surface area contributed by atoms with Crippen LogP contribution < -0.4 is 0 Å². The lowest BCUT2D eigenvalue weighted by atomic mass is 10.3. The first-order valence-corrected chi connectivity index (χ1v) is 5.01. The molecule has 2 aromatic heterocycles. The monoisotopic (exact) mass is 261 g/mol. The smallest absolute Gasteiger partial charge is 0.250 e. The zero-order chi connectivity index (χ0) is 12.6. The Morgan fingerprint density at radius 1 is 1.29 bits per heavy atom. The van der Waals surface area contributed by atoms with Crippen LogP contribution in [0.3, 0.4) is 0 Å². The van der Waals surface area contributed by atoms with E-state index in [4.69, 9.17) is 11.6 Å². The summed E-state index contributed by atoms with van der Waals surface area (Å²) in [4.78, 5) is 3.34. The molecule has 0 saturated carbocycles. The third-order valence-electron chi connectivity index (χ3n) is 2.14. The Kier molecular flexibility index (Phi) is 2.82. The summed E-state index contributed by atoms with van der Waals surface area (Å²) in [6, 6.07) is 2.19. The van der Waals surface area contributed by atoms with E-state index in [0.29, 0.717) is 10.8 Å². The molecule has 3 nitrogen and oxygen atoms in total. The van der Waals surface area contributed by atoms with Gasteiger partial charge in [0.15, 0.2) is 5.15 Å². The van der Waals surface area contributed by atoms with Crippen LogP contribution in [-0.2, 0) is 6.18 Å². The van der Waals surface area contributed by atoms with Crippen LogP contribution >= 0.6 is 11.6 Å². The highest BCUT2D eigenvalue weighted by molar-refractivity contribution is 6.30. The molecule has 2 aromatic rings. The summed E-state index contributed by atoms with van der Waals surface area (Å²) >= 11 is 5.75. The maximum atomic E-state index is 12.3. The summed E-state index contributed by atoms with van der Waals surface area (Å²) in [7, 11) is 0. The van der Waals surface area contributed by atoms with Crippen molar-refractivity contribution in [2.75, 3.05) is 0 Å². The Balaban J connectivity index is 2.36. The van der Waals surface area contributed by atoms with Gasteiger partial charge in [-0.2, -0.15) is 18.3 Å². The molecule has 0 aliphatic rings. The van der Waals surface area contributed by atoms with Crippen LogP contribution in [0.1, 0.15) is 11.3 Å². The molecule has 0 aromatic carbocycles. The Hall–Kier alpha value is -1.56. The van der Waals surface area contributed by atoms with Gasteiger partial charge in [-0.1, -0.05) is 11.6 Å². The van der Waals surface area contributed by atoms with Crippen molar-refractivity contribution >= 4 is 11.6 Å². The van der Waals surface area contributed by atoms with Gasteiger partial charge in [0.05, 0.1) is 11.9 Å². The number of halogens is 4. The van der Waals surface area contributed by atoms with E-state index in [1.807, 2.05) is 0 Å². The molecule has 2 rings (SSSR count). The topological polar surface area (TPSA) is 30.7 Å². The number of nitrogens with zero attached hydrogens (tertiary/aromatic N) is 3. The van der Waals surface area contributed by atoms with E-state index < -0.39 is 11.9 Å². The number of hydrogen-bond donors (Lipinski definition) is 0. The molecule has 0 unspecified atom stereocenters. The van der Waals surface area contributed by atoms with E-state index >= 15 is 0 Å². The third-order valence-corrected chi connectivity index (χ3v) is 2.51. The molecular formula is C10H7ClF3N3. The fourth-order valence-electron chi connectivity index (χ4n) is 1.26. The summed E-state index contributed by atoms with van der Waals surface area (Å²) in [6.07, 6.45) is -1.71. The molecule has 90 valence electrons. The van der Waals surface area contributed by atoms with Gasteiger partial charge in [0.1, 0.15) is 5.69 Å². The minimum Gasteiger partial charge on any atom is -0.250 e. The molecule has 0 bridgehead atoms. The minimum absolute atomic E-state index is 0.310. The summed E-state index contributed by atoms with van der Waals surface area (Å²) in [5, 5.41) is 4.24. The molecule has 7 heteroatoms. The van der Waals surface area contributed by atoms with Crippen molar-refractivity contribution in [2.24, 2.45) is 0 Å². The largest absolute Gasteiger partial charge is 0.433 e. The average molecular weight is 262 g/mol. The van der Waals surface area contributed by atoms with Gasteiger partial charge >= 0.3 is 6.18 Å². The second-order valence-corrected chi connectivity index (χ2v) is 3.80. The van der Waals surface area contributed by atoms with E-state index in [-0.39, 0.29) is 0 Å². The van der Waals surface area contributed by atoms with Gasteiger partial charge in [0.2, 0.25) is 0 Å². The first-order valence-electron chi connectivity index (χ1n) is 4.63. The van der Waals surface area contributed by atoms with Gasteiger partial charge in [0, 0.05) is 11.8 Å². The van der Waals surface area contributed by atoms with Gasteiger partial charge in [0.25, 0.3) is 0 Å². The molecule has 0 spiro atoms. The van der Waals surface area contributed by atoms with E-state index in [2.05, 4.69) is 10.1 Å². The van der Waals surface area contributed by atoms with E-state index in [9.17, 15) is 13.2 Å². The van der Waals surface area contributed by atoms with Crippen LogP contribution in [-0.4, -0.2) is 14.8 Å². The molecule has 0 amide bonds. The SMILES string of the molecule is Cc1cn(-c2ccc(C(F)(F)F)nc2)nc1Cl. The number of alkyl halides is 3. The zero-order valence-electron chi connectivity index (χ0n) is 8.66. The van der Waals surface area contributed by atoms with Crippen molar-refractivity contribution in [3.8, 4) is 5.69 Å². The van der Waals surface area contributed by atoms with Gasteiger partial charge in [-0.25, -0.2) is 9.67 Å². The van der Waals surface area contributed by atoms with Crippen LogP contribution in [0, 0.1) is 6.92 Å². The number of aryl methyl sites for hydroxylation is 1. The van der Waals surface area contributed by atoms with Gasteiger partial charge in [-0.05, 0) is 19.1 Å². The predicted molar refractivity (Wildman–Crippen MR) is 56.1 cm³/mol. The molecular weight excluding hydrogens is 255 g/mol. The third kappa shape index (κ3) is 2.41. The van der Waals surface area contributed by atoms with Crippen molar-refractivity contribution < 1.29 is 13.2 Å². The van der Waals surface area contributed by atoms with Crippen molar-refractivity contribution in [3.63, 3.8) is 0 Å². The quantitative estimate of drug-likeness (QED) is 0.789. The molecule has 0 N–H and O–H groups in total. The predicted octanol–water partition coefficient (Wildman–Crippen LogP) is 3.25. The Labute approximate surface area is 99.8 Å². The van der Waals surface area contributed by atoms with E-state index in [1.165, 1.54) is 10.7 Å². The maximum Gasteiger partial charge on any atom is 0.433 e. The number of pyridine rings is 1. The van der Waals surface area contributed by atoms with Crippen molar-refractivity contribution in [1.29, 1.82) is 0 Å². The summed E-state index contributed by atoms with van der Waals surface area (Å²) in [5.74, 6) is 0. The van der Waals surface area contributed by atoms with Gasteiger partial charge < -0.3 is 0 Å². The fraction of sp³-hybridized carbons (Fsp3) is 0.200. The Morgan fingerprint density at radius 2 is 2.00 bits per heavy atom. The fourth-order valence-corrected chi connectivity index (χ4v) is 1.39. The van der Waals surface area contributed by atoms with Crippen LogP contribution in [0.4, 0.5) is 13.2 Å². The normalized spacial score (nSPS) is 11.8. The lowest BCUT2D eigenvalue weighted by Gasteiger charge is -2.06. The standard InChI is InChI=1S/C10H7ClF3N3/c1-6-5-17(16-9(6)11)7-2-3-8(15-4-7)10(12,13)14/h2-5H,1H3. The maximum absolute atomic E-state index is 12.3. The summed E-state index contributed by atoms with van der Waals surface area (Å²) in [5.41, 5.74) is 0.232. The molecule has 0 radical (unpaired) electrons. The molecule has 0 aliphatic carbocycles. The lowest BCUT2D eigenvalue weighted by Crippen LogP contribution is -2.08. The van der Waals surface area contributed by atoms with Crippen LogP contribution in [0.5, 0.6) is 0 Å². The second kappa shape index (κ2) is 4.03. The number of rotatable bonds is 1. The van der Waals surface area contributed by atoms with Crippen LogP contribution in [0.2, 0.25) is 5.15 Å². The first-order chi connectivity index (χ1) is 7.88. The molecule has 2 heterocycles. The lowest BCUT2D eigenvalue weighted by molar-refractivity contribution is -0.141.